The summed E-state index contributed by atoms with van der Waals surface area (Å²) in [4.78, 5) is 14.2. The molecule has 0 aliphatic heterocycles. The van der Waals surface area contributed by atoms with Crippen molar-refractivity contribution in [2.24, 2.45) is 0 Å². The summed E-state index contributed by atoms with van der Waals surface area (Å²) in [5.41, 5.74) is 0.380. The minimum Gasteiger partial charge on any atom is -0.481 e. The highest BCUT2D eigenvalue weighted by atomic mass is 79.9. The Bertz CT molecular complexity index is 423. The molecule has 0 aliphatic carbocycles. The average Bonchev–Trinajstić information content (AvgIpc) is 2.25. The highest BCUT2D eigenvalue weighted by Gasteiger charge is 2.32. The number of ether oxygens (including phenoxy) is 2. The average molecular weight is 314 g/mol. The predicted molar refractivity (Wildman–Crippen MR) is 55.5 cm³/mol. The highest BCUT2D eigenvalue weighted by Crippen LogP contribution is 2.29. The van der Waals surface area contributed by atoms with Gasteiger partial charge in [0.1, 0.15) is 0 Å². The zero-order valence-electron chi connectivity index (χ0n) is 8.55. The predicted octanol–water partition coefficient (Wildman–Crippen LogP) is 2.70. The van der Waals surface area contributed by atoms with Crippen molar-refractivity contribution >= 4 is 22.2 Å². The lowest BCUT2D eigenvalue weighted by atomic mass is 10.2. The molecular weight excluding hydrogens is 307 g/mol. The van der Waals surface area contributed by atoms with Gasteiger partial charge >= 0.3 is 6.36 Å². The van der Waals surface area contributed by atoms with Crippen LogP contribution in [0.3, 0.4) is 0 Å². The first kappa shape index (κ1) is 13.8. The summed E-state index contributed by atoms with van der Waals surface area (Å²) in [6.45, 7) is 0. The Morgan fingerprint density at radius 3 is 2.59 bits per heavy atom. The van der Waals surface area contributed by atoms with Crippen LogP contribution in [0.2, 0.25) is 0 Å². The summed E-state index contributed by atoms with van der Waals surface area (Å²) in [6.07, 6.45) is -4.46. The number of nitrogens with zero attached hydrogens (tertiary/aromatic N) is 1. The van der Waals surface area contributed by atoms with E-state index >= 15 is 0 Å². The molecule has 0 bridgehead atoms. The van der Waals surface area contributed by atoms with Crippen LogP contribution < -0.4 is 9.47 Å². The fourth-order valence-corrected chi connectivity index (χ4v) is 1.69. The second-order valence-electron chi connectivity index (χ2n) is 2.84. The summed E-state index contributed by atoms with van der Waals surface area (Å²) in [7, 11) is 1.24. The Hall–Kier alpha value is -1.31. The van der Waals surface area contributed by atoms with Crippen molar-refractivity contribution in [1.82, 2.24) is 4.98 Å². The molecule has 0 fully saturated rings. The summed E-state index contributed by atoms with van der Waals surface area (Å²) < 4.78 is 44.4. The SMILES string of the molecule is COc1nc(OC(F)(F)F)cc(C=O)c1CBr. The topological polar surface area (TPSA) is 48.4 Å². The van der Waals surface area contributed by atoms with Crippen molar-refractivity contribution in [3.05, 3.63) is 17.2 Å². The fraction of sp³-hybridized carbons (Fsp3) is 0.333. The Labute approximate surface area is 103 Å². The molecule has 0 saturated carbocycles. The van der Waals surface area contributed by atoms with Crippen LogP contribution in [0.4, 0.5) is 13.2 Å². The van der Waals surface area contributed by atoms with Crippen LogP contribution in [0.5, 0.6) is 11.8 Å². The van der Waals surface area contributed by atoms with Gasteiger partial charge in [-0.25, -0.2) is 0 Å². The zero-order valence-corrected chi connectivity index (χ0v) is 10.1. The fourth-order valence-electron chi connectivity index (χ4n) is 1.12. The molecule has 0 saturated heterocycles. The summed E-state index contributed by atoms with van der Waals surface area (Å²) >= 11 is 3.08. The van der Waals surface area contributed by atoms with E-state index in [1.165, 1.54) is 7.11 Å². The lowest BCUT2D eigenvalue weighted by molar-refractivity contribution is -0.276. The van der Waals surface area contributed by atoms with Gasteiger partial charge in [0.2, 0.25) is 11.8 Å². The Balaban J connectivity index is 3.22. The van der Waals surface area contributed by atoms with Gasteiger partial charge in [-0.15, -0.1) is 13.2 Å². The molecule has 4 nitrogen and oxygen atoms in total. The largest absolute Gasteiger partial charge is 0.574 e. The highest BCUT2D eigenvalue weighted by molar-refractivity contribution is 9.08. The first-order valence-corrected chi connectivity index (χ1v) is 5.38. The summed E-state index contributed by atoms with van der Waals surface area (Å²) in [6, 6.07) is 0.902. The number of aldehydes is 1. The van der Waals surface area contributed by atoms with Crippen LogP contribution in [0, 0.1) is 0 Å². The van der Waals surface area contributed by atoms with Crippen molar-refractivity contribution in [2.75, 3.05) is 7.11 Å². The molecule has 0 radical (unpaired) electrons. The number of rotatable bonds is 4. The van der Waals surface area contributed by atoms with Gasteiger partial charge < -0.3 is 9.47 Å². The first-order valence-electron chi connectivity index (χ1n) is 4.26. The molecule has 0 spiro atoms. The minimum atomic E-state index is -4.87. The van der Waals surface area contributed by atoms with Crippen LogP contribution in [-0.4, -0.2) is 24.7 Å². The van der Waals surface area contributed by atoms with Crippen LogP contribution in [-0.2, 0) is 5.33 Å². The molecule has 0 N–H and O–H groups in total. The van der Waals surface area contributed by atoms with Crippen molar-refractivity contribution in [3.8, 4) is 11.8 Å². The second kappa shape index (κ2) is 5.35. The standard InChI is InChI=1S/C9H7BrF3NO3/c1-16-8-6(3-10)5(4-15)2-7(14-8)17-9(11,12)13/h2,4H,3H2,1H3. The number of pyridine rings is 1. The van der Waals surface area contributed by atoms with E-state index in [9.17, 15) is 18.0 Å². The van der Waals surface area contributed by atoms with E-state index in [2.05, 4.69) is 25.7 Å². The Kier molecular flexibility index (Phi) is 4.33. The number of hydrogen-bond donors (Lipinski definition) is 0. The monoisotopic (exact) mass is 313 g/mol. The minimum absolute atomic E-state index is 0.0213. The normalized spacial score (nSPS) is 11.1. The van der Waals surface area contributed by atoms with E-state index in [-0.39, 0.29) is 16.8 Å². The molecule has 17 heavy (non-hydrogen) atoms. The van der Waals surface area contributed by atoms with E-state index in [0.717, 1.165) is 6.07 Å². The maximum absolute atomic E-state index is 12.0. The summed E-state index contributed by atoms with van der Waals surface area (Å²) in [5.74, 6) is -0.827. The number of aromatic nitrogens is 1. The molecule has 0 aromatic carbocycles. The smallest absolute Gasteiger partial charge is 0.481 e. The van der Waals surface area contributed by atoms with Gasteiger partial charge in [0, 0.05) is 22.5 Å². The number of halogens is 4. The van der Waals surface area contributed by atoms with Gasteiger partial charge in [0.15, 0.2) is 6.29 Å². The third-order valence-corrected chi connectivity index (χ3v) is 2.33. The Morgan fingerprint density at radius 2 is 2.18 bits per heavy atom. The molecule has 0 atom stereocenters. The van der Waals surface area contributed by atoms with Gasteiger partial charge in [-0.05, 0) is 0 Å². The quantitative estimate of drug-likeness (QED) is 0.633. The number of alkyl halides is 4. The number of carbonyl (C=O) groups excluding carboxylic acids is 1. The number of carbonyl (C=O) groups is 1. The third-order valence-electron chi connectivity index (χ3n) is 1.77. The maximum Gasteiger partial charge on any atom is 0.574 e. The Morgan fingerprint density at radius 1 is 1.53 bits per heavy atom. The van der Waals surface area contributed by atoms with E-state index in [0.29, 0.717) is 11.8 Å². The van der Waals surface area contributed by atoms with Gasteiger partial charge in [0.05, 0.1) is 7.11 Å². The summed E-state index contributed by atoms with van der Waals surface area (Å²) in [5, 5.41) is 0.226. The molecular formula is C9H7BrF3NO3. The zero-order chi connectivity index (χ0) is 13.1. The van der Waals surface area contributed by atoms with Crippen LogP contribution in [0.25, 0.3) is 0 Å². The van der Waals surface area contributed by atoms with Gasteiger partial charge in [0.25, 0.3) is 0 Å². The van der Waals surface area contributed by atoms with Crippen LogP contribution >= 0.6 is 15.9 Å². The molecule has 0 unspecified atom stereocenters. The molecule has 1 rings (SSSR count). The second-order valence-corrected chi connectivity index (χ2v) is 3.40. The maximum atomic E-state index is 12.0. The van der Waals surface area contributed by atoms with E-state index in [1.807, 2.05) is 0 Å². The number of hydrogen-bond acceptors (Lipinski definition) is 4. The molecule has 94 valence electrons. The first-order chi connectivity index (χ1) is 7.91. The van der Waals surface area contributed by atoms with Gasteiger partial charge in [-0.2, -0.15) is 4.98 Å². The van der Waals surface area contributed by atoms with E-state index in [4.69, 9.17) is 4.74 Å². The van der Waals surface area contributed by atoms with Crippen molar-refractivity contribution in [2.45, 2.75) is 11.7 Å². The van der Waals surface area contributed by atoms with Crippen molar-refractivity contribution < 1.29 is 27.4 Å². The molecule has 1 heterocycles. The molecule has 0 amide bonds. The molecule has 1 aromatic rings. The van der Waals surface area contributed by atoms with Crippen LogP contribution in [0.1, 0.15) is 15.9 Å². The molecule has 0 aliphatic rings. The third kappa shape index (κ3) is 3.58. The van der Waals surface area contributed by atoms with Crippen molar-refractivity contribution in [3.63, 3.8) is 0 Å². The van der Waals surface area contributed by atoms with Crippen molar-refractivity contribution in [1.29, 1.82) is 0 Å². The van der Waals surface area contributed by atoms with Crippen LogP contribution in [0.15, 0.2) is 6.07 Å². The molecule has 8 heteroatoms. The lowest BCUT2D eigenvalue weighted by Crippen LogP contribution is -2.18. The van der Waals surface area contributed by atoms with Gasteiger partial charge in [-0.1, -0.05) is 15.9 Å². The van der Waals surface area contributed by atoms with E-state index in [1.54, 1.807) is 0 Å². The van der Waals surface area contributed by atoms with E-state index < -0.39 is 12.2 Å². The lowest BCUT2D eigenvalue weighted by Gasteiger charge is -2.12. The van der Waals surface area contributed by atoms with Gasteiger partial charge in [-0.3, -0.25) is 4.79 Å². The molecule has 1 aromatic heterocycles. The number of methoxy groups -OCH3 is 1.